The number of rotatable bonds is 3. The molecule has 0 spiro atoms. The molecule has 0 N–H and O–H groups in total. The molecule has 0 aliphatic carbocycles. The number of hydrogen-bond donors (Lipinski definition) is 0. The Morgan fingerprint density at radius 2 is 2.25 bits per heavy atom. The van der Waals surface area contributed by atoms with E-state index < -0.39 is 0 Å². The van der Waals surface area contributed by atoms with E-state index >= 15 is 0 Å². The molecule has 0 unspecified atom stereocenters. The zero-order valence-electron chi connectivity index (χ0n) is 11.0. The minimum atomic E-state index is -0.350. The van der Waals surface area contributed by atoms with Crippen molar-refractivity contribution in [3.63, 3.8) is 0 Å². The van der Waals surface area contributed by atoms with Gasteiger partial charge in [0.15, 0.2) is 0 Å². The zero-order valence-corrected chi connectivity index (χ0v) is 11.0. The third-order valence-corrected chi connectivity index (χ3v) is 2.98. The Hall–Kier alpha value is -2.69. The van der Waals surface area contributed by atoms with Gasteiger partial charge in [-0.3, -0.25) is 9.97 Å². The first-order chi connectivity index (χ1) is 9.81. The van der Waals surface area contributed by atoms with E-state index in [2.05, 4.69) is 9.97 Å². The maximum absolute atomic E-state index is 12.1. The standard InChI is InChI=1S/C15H13N3O2/c1-2-20-15(19)12-9-11-5-3-4-8-18(11)14(12)13-10-16-6-7-17-13/h3-10H,2H2,1H3. The van der Waals surface area contributed by atoms with Crippen LogP contribution in [-0.2, 0) is 4.74 Å². The van der Waals surface area contributed by atoms with Crippen molar-refractivity contribution >= 4 is 11.5 Å². The second-order valence-corrected chi connectivity index (χ2v) is 4.21. The normalized spacial score (nSPS) is 10.7. The molecule has 0 fully saturated rings. The summed E-state index contributed by atoms with van der Waals surface area (Å²) in [6, 6.07) is 7.57. The Labute approximate surface area is 115 Å². The van der Waals surface area contributed by atoms with Gasteiger partial charge in [0.05, 0.1) is 24.1 Å². The van der Waals surface area contributed by atoms with E-state index in [-0.39, 0.29) is 5.97 Å². The van der Waals surface area contributed by atoms with Gasteiger partial charge in [0.1, 0.15) is 5.69 Å². The molecule has 0 bridgehead atoms. The molecule has 100 valence electrons. The lowest BCUT2D eigenvalue weighted by molar-refractivity contribution is 0.0527. The number of ether oxygens (including phenoxy) is 1. The molecule has 0 aliphatic rings. The van der Waals surface area contributed by atoms with Crippen LogP contribution in [0.4, 0.5) is 0 Å². The number of carbonyl (C=O) groups is 1. The lowest BCUT2D eigenvalue weighted by Crippen LogP contribution is -2.06. The van der Waals surface area contributed by atoms with Gasteiger partial charge in [0.25, 0.3) is 0 Å². The van der Waals surface area contributed by atoms with Crippen LogP contribution in [0.5, 0.6) is 0 Å². The van der Waals surface area contributed by atoms with Crippen LogP contribution in [0.15, 0.2) is 49.1 Å². The smallest absolute Gasteiger partial charge is 0.340 e. The van der Waals surface area contributed by atoms with Crippen LogP contribution in [-0.4, -0.2) is 26.9 Å². The van der Waals surface area contributed by atoms with Gasteiger partial charge in [-0.25, -0.2) is 4.79 Å². The summed E-state index contributed by atoms with van der Waals surface area (Å²) < 4.78 is 7.03. The molecule has 20 heavy (non-hydrogen) atoms. The summed E-state index contributed by atoms with van der Waals surface area (Å²) in [5.41, 5.74) is 2.75. The Morgan fingerprint density at radius 1 is 1.35 bits per heavy atom. The Bertz CT molecular complexity index is 750. The Morgan fingerprint density at radius 3 is 3.00 bits per heavy atom. The molecule has 0 atom stereocenters. The average molecular weight is 267 g/mol. The SMILES string of the molecule is CCOC(=O)c1cc2ccccn2c1-c1cnccn1. The van der Waals surface area contributed by atoms with Crippen LogP contribution in [0.2, 0.25) is 0 Å². The highest BCUT2D eigenvalue weighted by atomic mass is 16.5. The molecule has 0 saturated heterocycles. The van der Waals surface area contributed by atoms with Gasteiger partial charge in [0, 0.05) is 24.1 Å². The second kappa shape index (κ2) is 5.13. The monoisotopic (exact) mass is 267 g/mol. The van der Waals surface area contributed by atoms with Crippen LogP contribution < -0.4 is 0 Å². The van der Waals surface area contributed by atoms with E-state index in [4.69, 9.17) is 4.74 Å². The summed E-state index contributed by atoms with van der Waals surface area (Å²) in [5.74, 6) is -0.350. The van der Waals surface area contributed by atoms with Gasteiger partial charge in [0.2, 0.25) is 0 Å². The molecule has 5 nitrogen and oxygen atoms in total. The molecule has 0 amide bonds. The van der Waals surface area contributed by atoms with Gasteiger partial charge < -0.3 is 9.14 Å². The fourth-order valence-corrected chi connectivity index (χ4v) is 2.17. The number of pyridine rings is 1. The molecule has 0 aliphatic heterocycles. The zero-order chi connectivity index (χ0) is 13.9. The number of fused-ring (bicyclic) bond motifs is 1. The van der Waals surface area contributed by atoms with E-state index in [1.165, 1.54) is 0 Å². The fraction of sp³-hybridized carbons (Fsp3) is 0.133. The van der Waals surface area contributed by atoms with Crippen molar-refractivity contribution in [3.05, 3.63) is 54.6 Å². The quantitative estimate of drug-likeness (QED) is 0.684. The predicted octanol–water partition coefficient (Wildman–Crippen LogP) is 2.57. The molecule has 3 heterocycles. The van der Waals surface area contributed by atoms with E-state index in [0.29, 0.717) is 23.6 Å². The summed E-state index contributed by atoms with van der Waals surface area (Å²) in [6.07, 6.45) is 6.73. The third kappa shape index (κ3) is 2.03. The van der Waals surface area contributed by atoms with Gasteiger partial charge in [-0.1, -0.05) is 6.07 Å². The molecule has 3 aromatic heterocycles. The van der Waals surface area contributed by atoms with Gasteiger partial charge in [-0.15, -0.1) is 0 Å². The van der Waals surface area contributed by atoms with Crippen molar-refractivity contribution in [2.45, 2.75) is 6.92 Å². The summed E-state index contributed by atoms with van der Waals surface area (Å²) in [4.78, 5) is 20.5. The highest BCUT2D eigenvalue weighted by Gasteiger charge is 2.19. The predicted molar refractivity (Wildman–Crippen MR) is 74.4 cm³/mol. The molecule has 5 heteroatoms. The van der Waals surface area contributed by atoms with Crippen molar-refractivity contribution in [2.75, 3.05) is 6.61 Å². The minimum Gasteiger partial charge on any atom is -0.462 e. The summed E-state index contributed by atoms with van der Waals surface area (Å²) in [7, 11) is 0. The molecule has 3 rings (SSSR count). The van der Waals surface area contributed by atoms with Crippen LogP contribution in [0.25, 0.3) is 16.9 Å². The molecular formula is C15H13N3O2. The molecule has 0 aromatic carbocycles. The van der Waals surface area contributed by atoms with Crippen molar-refractivity contribution in [1.82, 2.24) is 14.4 Å². The third-order valence-electron chi connectivity index (χ3n) is 2.98. The first kappa shape index (κ1) is 12.3. The maximum atomic E-state index is 12.1. The maximum Gasteiger partial charge on any atom is 0.340 e. The van der Waals surface area contributed by atoms with Crippen LogP contribution >= 0.6 is 0 Å². The van der Waals surface area contributed by atoms with Crippen LogP contribution in [0, 0.1) is 0 Å². The van der Waals surface area contributed by atoms with Gasteiger partial charge >= 0.3 is 5.97 Å². The lowest BCUT2D eigenvalue weighted by atomic mass is 10.2. The van der Waals surface area contributed by atoms with Crippen molar-refractivity contribution in [1.29, 1.82) is 0 Å². The first-order valence-electron chi connectivity index (χ1n) is 6.35. The second-order valence-electron chi connectivity index (χ2n) is 4.21. The van der Waals surface area contributed by atoms with Crippen LogP contribution in [0.1, 0.15) is 17.3 Å². The summed E-state index contributed by atoms with van der Waals surface area (Å²) >= 11 is 0. The number of nitrogens with zero attached hydrogens (tertiary/aromatic N) is 3. The van der Waals surface area contributed by atoms with Crippen molar-refractivity contribution < 1.29 is 9.53 Å². The Balaban J connectivity index is 2.26. The van der Waals surface area contributed by atoms with Gasteiger partial charge in [-0.2, -0.15) is 0 Å². The van der Waals surface area contributed by atoms with Crippen LogP contribution in [0.3, 0.4) is 0 Å². The Kier molecular flexibility index (Phi) is 3.16. The van der Waals surface area contributed by atoms with E-state index in [1.807, 2.05) is 34.9 Å². The molecule has 0 saturated carbocycles. The van der Waals surface area contributed by atoms with Gasteiger partial charge in [-0.05, 0) is 25.1 Å². The summed E-state index contributed by atoms with van der Waals surface area (Å²) in [5, 5.41) is 0. The van der Waals surface area contributed by atoms with Crippen molar-refractivity contribution in [3.8, 4) is 11.4 Å². The lowest BCUT2D eigenvalue weighted by Gasteiger charge is -2.05. The molecule has 0 radical (unpaired) electrons. The number of hydrogen-bond acceptors (Lipinski definition) is 4. The van der Waals surface area contributed by atoms with E-state index in [9.17, 15) is 4.79 Å². The minimum absolute atomic E-state index is 0.338. The topological polar surface area (TPSA) is 56.5 Å². The largest absolute Gasteiger partial charge is 0.462 e. The number of aromatic nitrogens is 3. The average Bonchev–Trinajstić information content (AvgIpc) is 2.88. The fourth-order valence-electron chi connectivity index (χ4n) is 2.17. The van der Waals surface area contributed by atoms with Crippen molar-refractivity contribution in [2.24, 2.45) is 0 Å². The number of esters is 1. The molecular weight excluding hydrogens is 254 g/mol. The van der Waals surface area contributed by atoms with E-state index in [0.717, 1.165) is 5.52 Å². The first-order valence-corrected chi connectivity index (χ1v) is 6.35. The molecule has 3 aromatic rings. The summed E-state index contributed by atoms with van der Waals surface area (Å²) in [6.45, 7) is 2.13. The number of carbonyl (C=O) groups excluding carboxylic acids is 1. The highest BCUT2D eigenvalue weighted by molar-refractivity contribution is 5.98. The van der Waals surface area contributed by atoms with E-state index in [1.54, 1.807) is 25.5 Å². The highest BCUT2D eigenvalue weighted by Crippen LogP contribution is 2.26.